The van der Waals surface area contributed by atoms with Crippen LogP contribution in [0.15, 0.2) is 72.9 Å². The SMILES string of the molecule is CCc1ccc([C@@H](C)NC(=O)c2ccc3cnn(Cc4ccc(Cl)cc4)c3c2)cc1. The fraction of sp³-hybridized carbons (Fsp3) is 0.200. The minimum absolute atomic E-state index is 0.0712. The molecule has 4 aromatic rings. The highest BCUT2D eigenvalue weighted by Crippen LogP contribution is 2.20. The summed E-state index contributed by atoms with van der Waals surface area (Å²) in [6.45, 7) is 4.75. The topological polar surface area (TPSA) is 46.9 Å². The number of fused-ring (bicyclic) bond motifs is 1. The van der Waals surface area contributed by atoms with E-state index in [1.807, 2.05) is 60.3 Å². The van der Waals surface area contributed by atoms with Crippen molar-refractivity contribution >= 4 is 28.4 Å². The lowest BCUT2D eigenvalue weighted by molar-refractivity contribution is 0.0940. The van der Waals surface area contributed by atoms with Crippen LogP contribution in [0.2, 0.25) is 5.02 Å². The number of rotatable bonds is 6. The Bertz CT molecular complexity index is 1160. The Kier molecular flexibility index (Phi) is 5.86. The van der Waals surface area contributed by atoms with Gasteiger partial charge >= 0.3 is 0 Å². The molecule has 0 bridgehead atoms. The zero-order valence-corrected chi connectivity index (χ0v) is 17.9. The number of carbonyl (C=O) groups excluding carboxylic acids is 1. The van der Waals surface area contributed by atoms with Gasteiger partial charge in [0.05, 0.1) is 24.3 Å². The number of nitrogens with one attached hydrogen (secondary N) is 1. The molecule has 0 spiro atoms. The molecule has 0 aliphatic heterocycles. The Hall–Kier alpha value is -3.11. The molecule has 152 valence electrons. The monoisotopic (exact) mass is 417 g/mol. The maximum absolute atomic E-state index is 12.9. The van der Waals surface area contributed by atoms with E-state index in [2.05, 4.69) is 41.6 Å². The summed E-state index contributed by atoms with van der Waals surface area (Å²) < 4.78 is 1.91. The van der Waals surface area contributed by atoms with E-state index in [1.165, 1.54) is 5.56 Å². The van der Waals surface area contributed by atoms with Gasteiger partial charge in [0.25, 0.3) is 5.91 Å². The molecule has 1 atom stereocenters. The van der Waals surface area contributed by atoms with Crippen molar-refractivity contribution in [2.75, 3.05) is 0 Å². The third-order valence-electron chi connectivity index (χ3n) is 5.39. The number of benzene rings is 3. The lowest BCUT2D eigenvalue weighted by Crippen LogP contribution is -2.26. The van der Waals surface area contributed by atoms with E-state index in [4.69, 9.17) is 11.6 Å². The van der Waals surface area contributed by atoms with E-state index < -0.39 is 0 Å². The van der Waals surface area contributed by atoms with Crippen LogP contribution in [-0.2, 0) is 13.0 Å². The number of aryl methyl sites for hydroxylation is 1. The highest BCUT2D eigenvalue weighted by Gasteiger charge is 2.13. The molecule has 0 radical (unpaired) electrons. The number of carbonyl (C=O) groups is 1. The summed E-state index contributed by atoms with van der Waals surface area (Å²) in [6.07, 6.45) is 2.83. The minimum Gasteiger partial charge on any atom is -0.346 e. The first-order valence-electron chi connectivity index (χ1n) is 10.1. The van der Waals surface area contributed by atoms with Gasteiger partial charge in [0.2, 0.25) is 0 Å². The summed E-state index contributed by atoms with van der Waals surface area (Å²) in [4.78, 5) is 12.9. The van der Waals surface area contributed by atoms with Gasteiger partial charge in [-0.15, -0.1) is 0 Å². The van der Waals surface area contributed by atoms with Gasteiger partial charge in [0.15, 0.2) is 0 Å². The second-order valence-corrected chi connectivity index (χ2v) is 7.93. The standard InChI is InChI=1S/C25H24ClN3O/c1-3-18-4-8-20(9-5-18)17(2)28-25(30)21-10-11-22-15-27-29(24(22)14-21)16-19-6-12-23(26)13-7-19/h4-15,17H,3,16H2,1-2H3,(H,28,30)/t17-/m1/s1. The average Bonchev–Trinajstić information content (AvgIpc) is 3.17. The fourth-order valence-electron chi connectivity index (χ4n) is 3.51. The Balaban J connectivity index is 1.53. The van der Waals surface area contributed by atoms with Crippen molar-refractivity contribution in [3.05, 3.63) is 100 Å². The van der Waals surface area contributed by atoms with Crippen molar-refractivity contribution < 1.29 is 4.79 Å². The maximum atomic E-state index is 12.9. The smallest absolute Gasteiger partial charge is 0.251 e. The van der Waals surface area contributed by atoms with Crippen LogP contribution in [0.25, 0.3) is 10.9 Å². The fourth-order valence-corrected chi connectivity index (χ4v) is 3.63. The van der Waals surface area contributed by atoms with E-state index in [-0.39, 0.29) is 11.9 Å². The molecule has 0 aliphatic rings. The van der Waals surface area contributed by atoms with Crippen molar-refractivity contribution in [3.8, 4) is 0 Å². The van der Waals surface area contributed by atoms with E-state index in [9.17, 15) is 4.79 Å². The van der Waals surface area contributed by atoms with Crippen LogP contribution >= 0.6 is 11.6 Å². The average molecular weight is 418 g/mol. The Morgan fingerprint density at radius 2 is 1.73 bits per heavy atom. The first-order chi connectivity index (χ1) is 14.5. The van der Waals surface area contributed by atoms with Gasteiger partial charge in [0.1, 0.15) is 0 Å². The number of halogens is 1. The molecule has 0 fully saturated rings. The van der Waals surface area contributed by atoms with Gasteiger partial charge in [-0.3, -0.25) is 9.48 Å². The minimum atomic E-state index is -0.0942. The molecule has 1 aromatic heterocycles. The molecular formula is C25H24ClN3O. The zero-order chi connectivity index (χ0) is 21.1. The number of aromatic nitrogens is 2. The Labute approximate surface area is 181 Å². The molecule has 0 saturated carbocycles. The molecule has 0 saturated heterocycles. The van der Waals surface area contributed by atoms with Crippen LogP contribution in [0.3, 0.4) is 0 Å². The molecule has 0 unspecified atom stereocenters. The molecule has 1 heterocycles. The molecule has 0 aliphatic carbocycles. The van der Waals surface area contributed by atoms with Crippen LogP contribution in [0, 0.1) is 0 Å². The summed E-state index contributed by atoms with van der Waals surface area (Å²) in [7, 11) is 0. The first kappa shape index (κ1) is 20.2. The van der Waals surface area contributed by atoms with E-state index >= 15 is 0 Å². The summed E-state index contributed by atoms with van der Waals surface area (Å²) in [5.74, 6) is -0.0942. The molecular weight excluding hydrogens is 394 g/mol. The molecule has 5 heteroatoms. The van der Waals surface area contributed by atoms with Crippen molar-refractivity contribution in [2.45, 2.75) is 32.9 Å². The predicted octanol–water partition coefficient (Wildman–Crippen LogP) is 5.79. The van der Waals surface area contributed by atoms with Crippen LogP contribution in [0.4, 0.5) is 0 Å². The van der Waals surface area contributed by atoms with Gasteiger partial charge in [-0.05, 0) is 54.3 Å². The highest BCUT2D eigenvalue weighted by atomic mass is 35.5. The molecule has 30 heavy (non-hydrogen) atoms. The predicted molar refractivity (Wildman–Crippen MR) is 122 cm³/mol. The maximum Gasteiger partial charge on any atom is 0.251 e. The van der Waals surface area contributed by atoms with Gasteiger partial charge < -0.3 is 5.32 Å². The molecule has 4 nitrogen and oxygen atoms in total. The number of hydrogen-bond acceptors (Lipinski definition) is 2. The van der Waals surface area contributed by atoms with Crippen molar-refractivity contribution in [1.82, 2.24) is 15.1 Å². The Morgan fingerprint density at radius 3 is 2.43 bits per heavy atom. The largest absolute Gasteiger partial charge is 0.346 e. The summed E-state index contributed by atoms with van der Waals surface area (Å²) in [6, 6.07) is 21.7. The number of nitrogens with zero attached hydrogens (tertiary/aromatic N) is 2. The first-order valence-corrected chi connectivity index (χ1v) is 10.5. The third-order valence-corrected chi connectivity index (χ3v) is 5.64. The highest BCUT2D eigenvalue weighted by molar-refractivity contribution is 6.30. The van der Waals surface area contributed by atoms with E-state index in [0.29, 0.717) is 17.1 Å². The molecule has 4 rings (SSSR count). The van der Waals surface area contributed by atoms with Crippen molar-refractivity contribution in [1.29, 1.82) is 0 Å². The summed E-state index contributed by atoms with van der Waals surface area (Å²) in [5.41, 5.74) is 5.03. The Morgan fingerprint density at radius 1 is 1.03 bits per heavy atom. The van der Waals surface area contributed by atoms with Gasteiger partial charge in [0, 0.05) is 16.0 Å². The summed E-state index contributed by atoms with van der Waals surface area (Å²) in [5, 5.41) is 9.30. The second-order valence-electron chi connectivity index (χ2n) is 7.49. The van der Waals surface area contributed by atoms with Gasteiger partial charge in [-0.25, -0.2) is 0 Å². The lowest BCUT2D eigenvalue weighted by atomic mass is 10.0. The van der Waals surface area contributed by atoms with Crippen LogP contribution in [0.1, 0.15) is 46.9 Å². The normalized spacial score (nSPS) is 12.1. The van der Waals surface area contributed by atoms with E-state index in [0.717, 1.165) is 28.5 Å². The van der Waals surface area contributed by atoms with E-state index in [1.54, 1.807) is 0 Å². The van der Waals surface area contributed by atoms with Crippen molar-refractivity contribution in [2.24, 2.45) is 0 Å². The third kappa shape index (κ3) is 4.39. The van der Waals surface area contributed by atoms with Crippen LogP contribution in [-0.4, -0.2) is 15.7 Å². The van der Waals surface area contributed by atoms with Crippen LogP contribution in [0.5, 0.6) is 0 Å². The summed E-state index contributed by atoms with van der Waals surface area (Å²) >= 11 is 5.98. The number of amides is 1. The molecule has 1 N–H and O–H groups in total. The quantitative estimate of drug-likeness (QED) is 0.431. The number of hydrogen-bond donors (Lipinski definition) is 1. The van der Waals surface area contributed by atoms with Gasteiger partial charge in [-0.1, -0.05) is 61.0 Å². The molecule has 1 amide bonds. The molecule has 3 aromatic carbocycles. The zero-order valence-electron chi connectivity index (χ0n) is 17.1. The van der Waals surface area contributed by atoms with Crippen LogP contribution < -0.4 is 5.32 Å². The van der Waals surface area contributed by atoms with Gasteiger partial charge in [-0.2, -0.15) is 5.10 Å². The second kappa shape index (κ2) is 8.72. The van der Waals surface area contributed by atoms with Crippen molar-refractivity contribution in [3.63, 3.8) is 0 Å². The lowest BCUT2D eigenvalue weighted by Gasteiger charge is -2.15.